The highest BCUT2D eigenvalue weighted by Crippen LogP contribution is 2.66. The third kappa shape index (κ3) is 5.15. The van der Waals surface area contributed by atoms with Crippen molar-refractivity contribution in [1.82, 2.24) is 5.32 Å². The van der Waals surface area contributed by atoms with Crippen LogP contribution in [0.15, 0.2) is 43.0 Å². The Bertz CT molecular complexity index is 1610. The van der Waals surface area contributed by atoms with Gasteiger partial charge in [-0.15, -0.1) is 0 Å². The number of amides is 1. The molecule has 10 heteroatoms. The number of esters is 1. The summed E-state index contributed by atoms with van der Waals surface area (Å²) < 4.78 is 51.9. The minimum atomic E-state index is -4.45. The first-order valence-corrected chi connectivity index (χ1v) is 15.5. The molecule has 2 bridgehead atoms. The molecule has 45 heavy (non-hydrogen) atoms. The smallest absolute Gasteiger partial charge is 0.416 e. The molecular weight excluding hydrogens is 585 g/mol. The quantitative estimate of drug-likeness (QED) is 0.151. The maximum Gasteiger partial charge on any atom is 0.416 e. The predicted molar refractivity (Wildman–Crippen MR) is 160 cm³/mol. The van der Waals surface area contributed by atoms with Crippen LogP contribution in [-0.4, -0.2) is 59.3 Å². The second kappa shape index (κ2) is 11.1. The molecule has 6 rings (SSSR count). The molecule has 238 valence electrons. The van der Waals surface area contributed by atoms with E-state index in [9.17, 15) is 27.9 Å². The highest BCUT2D eigenvalue weighted by Gasteiger charge is 2.70. The number of halogens is 3. The van der Waals surface area contributed by atoms with Crippen molar-refractivity contribution >= 4 is 11.9 Å². The molecule has 0 aromatic heterocycles. The SMILES string of the molecule is C=CC[N+]1(CC(C)C)CC[C@]23c4c5c(OC(C)=O)cc(O)c4O[C@H]2[C@H](NC(=O)C#Cc2ccc(C(F)(F)F)cc2)CC[C@H]3[C@H]1C5. The monoisotopic (exact) mass is 623 g/mol. The van der Waals surface area contributed by atoms with E-state index >= 15 is 0 Å². The molecule has 2 aliphatic carbocycles. The third-order valence-corrected chi connectivity index (χ3v) is 10.2. The minimum Gasteiger partial charge on any atom is -0.504 e. The Kier molecular flexibility index (Phi) is 7.67. The van der Waals surface area contributed by atoms with Gasteiger partial charge >= 0.3 is 12.1 Å². The van der Waals surface area contributed by atoms with Crippen LogP contribution in [0.3, 0.4) is 0 Å². The molecule has 1 unspecified atom stereocenters. The summed E-state index contributed by atoms with van der Waals surface area (Å²) in [6.07, 6.45) is -0.0608. The van der Waals surface area contributed by atoms with E-state index in [4.69, 9.17) is 9.47 Å². The molecule has 2 N–H and O–H groups in total. The Morgan fingerprint density at radius 2 is 2.00 bits per heavy atom. The highest BCUT2D eigenvalue weighted by molar-refractivity contribution is 5.94. The van der Waals surface area contributed by atoms with Crippen molar-refractivity contribution < 1.29 is 41.8 Å². The predicted octanol–water partition coefficient (Wildman–Crippen LogP) is 5.27. The van der Waals surface area contributed by atoms with E-state index in [1.165, 1.54) is 25.1 Å². The van der Waals surface area contributed by atoms with Gasteiger partial charge in [0.05, 0.1) is 42.7 Å². The number of hydrogen-bond acceptors (Lipinski definition) is 5. The van der Waals surface area contributed by atoms with Crippen LogP contribution in [0.1, 0.15) is 62.3 Å². The normalized spacial score (nSPS) is 29.1. The number of hydrogen-bond donors (Lipinski definition) is 2. The molecule has 6 atom stereocenters. The summed E-state index contributed by atoms with van der Waals surface area (Å²) in [5, 5.41) is 14.2. The summed E-state index contributed by atoms with van der Waals surface area (Å²) in [5.41, 5.74) is 0.763. The first-order chi connectivity index (χ1) is 21.3. The van der Waals surface area contributed by atoms with Crippen molar-refractivity contribution in [2.24, 2.45) is 11.8 Å². The third-order valence-electron chi connectivity index (χ3n) is 10.2. The van der Waals surface area contributed by atoms with Crippen LogP contribution in [0.25, 0.3) is 0 Å². The lowest BCUT2D eigenvalue weighted by atomic mass is 9.50. The van der Waals surface area contributed by atoms with E-state index in [1.54, 1.807) is 0 Å². The molecule has 0 radical (unpaired) electrons. The van der Waals surface area contributed by atoms with Crippen LogP contribution in [0.2, 0.25) is 0 Å². The van der Waals surface area contributed by atoms with Gasteiger partial charge in [-0.3, -0.25) is 9.59 Å². The summed E-state index contributed by atoms with van der Waals surface area (Å²) in [7, 11) is 0. The van der Waals surface area contributed by atoms with E-state index in [-0.39, 0.29) is 17.7 Å². The zero-order valence-corrected chi connectivity index (χ0v) is 25.7. The standard InChI is InChI=1S/C35H37F3N2O5/c1-5-15-40(19-20(2)3)16-14-34-25-11-12-26(39-30(43)13-8-22-6-9-23(10-7-22)35(36,37)38)33(34)45-32-28(42)18-29(44-21(4)41)24(31(32)34)17-27(25)40/h5-7,9-10,18,20,25-27,33H,1,11-12,14-17,19H2,2-4H3,(H-,39,42,43)/p+1/t25-,26+,27+,33-,34-,40?/m0/s1. The number of rotatable bonds is 6. The zero-order valence-electron chi connectivity index (χ0n) is 25.7. The molecule has 2 heterocycles. The summed E-state index contributed by atoms with van der Waals surface area (Å²) in [6.45, 7) is 12.5. The number of likely N-dealkylation sites (tertiary alicyclic amines) is 1. The van der Waals surface area contributed by atoms with Crippen molar-refractivity contribution in [3.8, 4) is 29.1 Å². The molecule has 2 aromatic carbocycles. The Morgan fingerprint density at radius 3 is 2.64 bits per heavy atom. The van der Waals surface area contributed by atoms with Gasteiger partial charge < -0.3 is 24.4 Å². The van der Waals surface area contributed by atoms with Gasteiger partial charge in [-0.25, -0.2) is 0 Å². The number of quaternary nitrogens is 1. The molecule has 1 amide bonds. The highest BCUT2D eigenvalue weighted by atomic mass is 19.4. The van der Waals surface area contributed by atoms with Gasteiger partial charge in [-0.2, -0.15) is 13.2 Å². The van der Waals surface area contributed by atoms with Crippen molar-refractivity contribution in [2.45, 2.75) is 76.2 Å². The van der Waals surface area contributed by atoms with Gasteiger partial charge in [0.1, 0.15) is 11.9 Å². The number of carbonyl (C=O) groups is 2. The van der Waals surface area contributed by atoms with Gasteiger partial charge in [0.25, 0.3) is 5.91 Å². The fraction of sp³-hybridized carbons (Fsp3) is 0.486. The minimum absolute atomic E-state index is 0.0993. The van der Waals surface area contributed by atoms with E-state index in [2.05, 4.69) is 37.6 Å². The molecule has 7 nitrogen and oxygen atoms in total. The fourth-order valence-corrected chi connectivity index (χ4v) is 8.93. The lowest BCUT2D eigenvalue weighted by molar-refractivity contribution is -0.960. The second-order valence-electron chi connectivity index (χ2n) is 13.3. The number of aromatic hydroxyl groups is 1. The summed E-state index contributed by atoms with van der Waals surface area (Å²) in [4.78, 5) is 25.3. The number of phenolic OH excluding ortho intramolecular Hbond substituents is 1. The molecule has 1 saturated carbocycles. The van der Waals surface area contributed by atoms with Gasteiger partial charge in [0.15, 0.2) is 11.5 Å². The molecule has 1 spiro atoms. The zero-order chi connectivity index (χ0) is 32.3. The van der Waals surface area contributed by atoms with Gasteiger partial charge in [-0.1, -0.05) is 26.3 Å². The van der Waals surface area contributed by atoms with Crippen molar-refractivity contribution in [1.29, 1.82) is 0 Å². The van der Waals surface area contributed by atoms with Crippen molar-refractivity contribution in [2.75, 3.05) is 19.6 Å². The van der Waals surface area contributed by atoms with Crippen LogP contribution in [-0.2, 0) is 27.6 Å². The van der Waals surface area contributed by atoms with Crippen molar-refractivity contribution in [3.63, 3.8) is 0 Å². The molecule has 2 aromatic rings. The summed E-state index contributed by atoms with van der Waals surface area (Å²) in [5.74, 6) is 5.45. The summed E-state index contributed by atoms with van der Waals surface area (Å²) in [6, 6.07) is 5.59. The van der Waals surface area contributed by atoms with E-state index in [0.717, 1.165) is 60.2 Å². The van der Waals surface area contributed by atoms with Crippen molar-refractivity contribution in [3.05, 3.63) is 65.2 Å². The number of nitrogens with one attached hydrogen (secondary N) is 1. The number of nitrogens with zero attached hydrogens (tertiary/aromatic N) is 1. The van der Waals surface area contributed by atoms with E-state index in [0.29, 0.717) is 35.8 Å². The summed E-state index contributed by atoms with van der Waals surface area (Å²) >= 11 is 0. The molecule has 2 aliphatic heterocycles. The number of alkyl halides is 3. The van der Waals surface area contributed by atoms with Gasteiger partial charge in [0, 0.05) is 60.3 Å². The fourth-order valence-electron chi connectivity index (χ4n) is 8.93. The number of piperidine rings is 1. The van der Waals surface area contributed by atoms with Crippen LogP contribution >= 0.6 is 0 Å². The van der Waals surface area contributed by atoms with Crippen LogP contribution in [0, 0.1) is 23.7 Å². The van der Waals surface area contributed by atoms with Crippen LogP contribution < -0.4 is 14.8 Å². The first kappa shape index (κ1) is 31.0. The largest absolute Gasteiger partial charge is 0.504 e. The van der Waals surface area contributed by atoms with E-state index < -0.39 is 41.2 Å². The van der Waals surface area contributed by atoms with Crippen LogP contribution in [0.4, 0.5) is 13.2 Å². The lowest BCUT2D eigenvalue weighted by Crippen LogP contribution is -2.74. The van der Waals surface area contributed by atoms with E-state index in [1.807, 2.05) is 6.08 Å². The number of ether oxygens (including phenoxy) is 2. The Hall–Kier alpha value is -3.97. The van der Waals surface area contributed by atoms with Gasteiger partial charge in [-0.05, 0) is 43.2 Å². The molecule has 2 fully saturated rings. The Balaban J connectivity index is 1.36. The second-order valence-corrected chi connectivity index (χ2v) is 13.3. The maximum atomic E-state index is 13.1. The molecule has 4 aliphatic rings. The Morgan fingerprint density at radius 1 is 1.27 bits per heavy atom. The first-order valence-electron chi connectivity index (χ1n) is 15.5. The number of carbonyl (C=O) groups excluding carboxylic acids is 2. The van der Waals surface area contributed by atoms with Gasteiger partial charge in [0.2, 0.25) is 0 Å². The maximum absolute atomic E-state index is 13.1. The lowest BCUT2D eigenvalue weighted by Gasteiger charge is -2.63. The van der Waals surface area contributed by atoms with Crippen LogP contribution in [0.5, 0.6) is 17.2 Å². The number of benzene rings is 2. The average molecular weight is 624 g/mol. The number of phenols is 1. The average Bonchev–Trinajstić information content (AvgIpc) is 3.31. The Labute approximate surface area is 261 Å². The molecule has 1 saturated heterocycles. The topological polar surface area (TPSA) is 84.9 Å². The molecular formula is C35H38F3N2O5+.